The maximum absolute atomic E-state index is 11.2. The van der Waals surface area contributed by atoms with Gasteiger partial charge in [0.2, 0.25) is 5.91 Å². The fourth-order valence-corrected chi connectivity index (χ4v) is 1.82. The zero-order valence-electron chi connectivity index (χ0n) is 7.73. The van der Waals surface area contributed by atoms with Gasteiger partial charge < -0.3 is 4.90 Å². The molecule has 1 saturated heterocycles. The van der Waals surface area contributed by atoms with Crippen molar-refractivity contribution in [3.8, 4) is 0 Å². The molecule has 1 atom stereocenters. The van der Waals surface area contributed by atoms with Crippen molar-refractivity contribution in [1.82, 2.24) is 4.90 Å². The Morgan fingerprint density at radius 1 is 1.38 bits per heavy atom. The molecule has 1 aromatic carbocycles. The predicted octanol–water partition coefficient (Wildman–Crippen LogP) is 1.98. The van der Waals surface area contributed by atoms with E-state index in [2.05, 4.69) is 12.1 Å². The van der Waals surface area contributed by atoms with Gasteiger partial charge in [-0.3, -0.25) is 4.79 Å². The van der Waals surface area contributed by atoms with Crippen molar-refractivity contribution in [2.24, 2.45) is 0 Å². The third-order valence-corrected chi connectivity index (χ3v) is 2.59. The highest BCUT2D eigenvalue weighted by Gasteiger charge is 2.35. The van der Waals surface area contributed by atoms with E-state index in [1.54, 1.807) is 0 Å². The number of hydrogen-bond acceptors (Lipinski definition) is 1. The Hall–Kier alpha value is -1.31. The molecule has 1 fully saturated rings. The van der Waals surface area contributed by atoms with E-state index in [0.717, 1.165) is 6.54 Å². The molecule has 0 aliphatic carbocycles. The largest absolute Gasteiger partial charge is 0.335 e. The highest BCUT2D eigenvalue weighted by Crippen LogP contribution is 2.33. The Kier molecular flexibility index (Phi) is 2.05. The van der Waals surface area contributed by atoms with Crippen LogP contribution in [0.15, 0.2) is 30.3 Å². The fraction of sp³-hybridized carbons (Fsp3) is 0.364. The second kappa shape index (κ2) is 3.21. The highest BCUT2D eigenvalue weighted by molar-refractivity contribution is 5.83. The number of likely N-dealkylation sites (tertiary alicyclic amines) is 1. The van der Waals surface area contributed by atoms with E-state index in [0.29, 0.717) is 12.5 Å². The Morgan fingerprint density at radius 2 is 2.08 bits per heavy atom. The minimum Gasteiger partial charge on any atom is -0.335 e. The molecule has 1 unspecified atom stereocenters. The van der Waals surface area contributed by atoms with Gasteiger partial charge in [0.25, 0.3) is 0 Å². The van der Waals surface area contributed by atoms with Crippen LogP contribution in [0.2, 0.25) is 0 Å². The number of carbonyl (C=O) groups is 1. The second-order valence-corrected chi connectivity index (χ2v) is 3.31. The molecular formula is C11H13NO. The van der Waals surface area contributed by atoms with E-state index in [-0.39, 0.29) is 5.91 Å². The lowest BCUT2D eigenvalue weighted by atomic mass is 9.94. The molecule has 2 heteroatoms. The van der Waals surface area contributed by atoms with Crippen molar-refractivity contribution in [2.75, 3.05) is 6.54 Å². The number of rotatable bonds is 2. The summed E-state index contributed by atoms with van der Waals surface area (Å²) in [6.45, 7) is 2.84. The molecule has 2 nitrogen and oxygen atoms in total. The maximum Gasteiger partial charge on any atom is 0.225 e. The van der Waals surface area contributed by atoms with Crippen molar-refractivity contribution >= 4 is 5.91 Å². The number of hydrogen-bond donors (Lipinski definition) is 0. The van der Waals surface area contributed by atoms with Gasteiger partial charge in [0.15, 0.2) is 0 Å². The van der Waals surface area contributed by atoms with Crippen LogP contribution in [-0.4, -0.2) is 17.4 Å². The average molecular weight is 175 g/mol. The molecule has 0 bridgehead atoms. The first-order chi connectivity index (χ1) is 6.33. The monoisotopic (exact) mass is 175 g/mol. The Morgan fingerprint density at radius 3 is 2.62 bits per heavy atom. The Balaban J connectivity index is 2.16. The van der Waals surface area contributed by atoms with Crippen LogP contribution in [0.25, 0.3) is 0 Å². The van der Waals surface area contributed by atoms with Gasteiger partial charge in [-0.05, 0) is 12.5 Å². The molecule has 13 heavy (non-hydrogen) atoms. The quantitative estimate of drug-likeness (QED) is 0.629. The number of benzene rings is 1. The molecule has 1 aromatic rings. The number of nitrogens with zero attached hydrogens (tertiary/aromatic N) is 1. The Labute approximate surface area is 78.2 Å². The van der Waals surface area contributed by atoms with Crippen molar-refractivity contribution in [1.29, 1.82) is 0 Å². The number of carbonyl (C=O) groups excluding carboxylic acids is 1. The molecule has 1 aliphatic rings. The summed E-state index contributed by atoms with van der Waals surface area (Å²) in [6, 6.07) is 10.5. The topological polar surface area (TPSA) is 20.3 Å². The van der Waals surface area contributed by atoms with Crippen molar-refractivity contribution in [2.45, 2.75) is 19.4 Å². The fourth-order valence-electron chi connectivity index (χ4n) is 1.82. The van der Waals surface area contributed by atoms with Gasteiger partial charge in [0.05, 0.1) is 12.5 Å². The van der Waals surface area contributed by atoms with Gasteiger partial charge in [0, 0.05) is 6.54 Å². The summed E-state index contributed by atoms with van der Waals surface area (Å²) < 4.78 is 0. The van der Waals surface area contributed by atoms with Gasteiger partial charge in [-0.1, -0.05) is 30.3 Å². The standard InChI is InChI=1S/C11H13NO/c1-2-12-10(8-11(12)13)9-6-4-3-5-7-9/h3-7,10H,2,8H2,1H3. The lowest BCUT2D eigenvalue weighted by Crippen LogP contribution is -2.45. The summed E-state index contributed by atoms with van der Waals surface area (Å²) in [5, 5.41) is 0. The Bertz CT molecular complexity index is 307. The lowest BCUT2D eigenvalue weighted by Gasteiger charge is -2.40. The van der Waals surface area contributed by atoms with Gasteiger partial charge in [-0.25, -0.2) is 0 Å². The zero-order chi connectivity index (χ0) is 9.26. The van der Waals surface area contributed by atoms with Crippen LogP contribution in [0.1, 0.15) is 24.9 Å². The highest BCUT2D eigenvalue weighted by atomic mass is 16.2. The van der Waals surface area contributed by atoms with Crippen molar-refractivity contribution < 1.29 is 4.79 Å². The molecule has 1 amide bonds. The maximum atomic E-state index is 11.2. The summed E-state index contributed by atoms with van der Waals surface area (Å²) in [4.78, 5) is 13.1. The molecule has 1 aliphatic heterocycles. The summed E-state index contributed by atoms with van der Waals surface area (Å²) in [5.41, 5.74) is 1.25. The van der Waals surface area contributed by atoms with E-state index < -0.39 is 0 Å². The van der Waals surface area contributed by atoms with Crippen molar-refractivity contribution in [3.63, 3.8) is 0 Å². The average Bonchev–Trinajstić information content (AvgIpc) is 2.16. The summed E-state index contributed by atoms with van der Waals surface area (Å²) in [6.07, 6.45) is 0.678. The van der Waals surface area contributed by atoms with E-state index in [1.807, 2.05) is 30.0 Å². The van der Waals surface area contributed by atoms with Crippen LogP contribution in [0.3, 0.4) is 0 Å². The minimum absolute atomic E-state index is 0.274. The van der Waals surface area contributed by atoms with E-state index in [4.69, 9.17) is 0 Å². The first kappa shape index (κ1) is 8.30. The summed E-state index contributed by atoms with van der Waals surface area (Å²) in [7, 11) is 0. The van der Waals surface area contributed by atoms with Gasteiger partial charge >= 0.3 is 0 Å². The molecule has 0 spiro atoms. The second-order valence-electron chi connectivity index (χ2n) is 3.31. The molecule has 0 N–H and O–H groups in total. The van der Waals surface area contributed by atoms with Crippen LogP contribution in [0.5, 0.6) is 0 Å². The van der Waals surface area contributed by atoms with Crippen molar-refractivity contribution in [3.05, 3.63) is 35.9 Å². The van der Waals surface area contributed by atoms with Crippen LogP contribution in [0.4, 0.5) is 0 Å². The molecule has 0 saturated carbocycles. The number of β-lactam (4-membered cyclic amide) rings is 1. The third kappa shape index (κ3) is 1.32. The minimum atomic E-state index is 0.274. The predicted molar refractivity (Wildman–Crippen MR) is 51.2 cm³/mol. The van der Waals surface area contributed by atoms with Crippen LogP contribution in [0, 0.1) is 0 Å². The van der Waals surface area contributed by atoms with E-state index in [9.17, 15) is 4.79 Å². The van der Waals surface area contributed by atoms with Crippen LogP contribution in [-0.2, 0) is 4.79 Å². The summed E-state index contributed by atoms with van der Waals surface area (Å²) in [5.74, 6) is 0.274. The van der Waals surface area contributed by atoms with Gasteiger partial charge in [-0.2, -0.15) is 0 Å². The molecule has 2 rings (SSSR count). The van der Waals surface area contributed by atoms with Crippen LogP contribution >= 0.6 is 0 Å². The summed E-state index contributed by atoms with van der Waals surface area (Å²) >= 11 is 0. The first-order valence-corrected chi connectivity index (χ1v) is 4.67. The lowest BCUT2D eigenvalue weighted by molar-refractivity contribution is -0.145. The van der Waals surface area contributed by atoms with Gasteiger partial charge in [0.1, 0.15) is 0 Å². The smallest absolute Gasteiger partial charge is 0.225 e. The van der Waals surface area contributed by atoms with E-state index in [1.165, 1.54) is 5.56 Å². The molecule has 0 aromatic heterocycles. The molecular weight excluding hydrogens is 162 g/mol. The normalized spacial score (nSPS) is 21.5. The SMILES string of the molecule is CCN1C(=O)CC1c1ccccc1. The number of amides is 1. The zero-order valence-corrected chi connectivity index (χ0v) is 7.73. The molecule has 0 radical (unpaired) electrons. The van der Waals surface area contributed by atoms with Gasteiger partial charge in [-0.15, -0.1) is 0 Å². The molecule has 68 valence electrons. The molecule has 1 heterocycles. The van der Waals surface area contributed by atoms with E-state index >= 15 is 0 Å². The third-order valence-electron chi connectivity index (χ3n) is 2.59. The first-order valence-electron chi connectivity index (χ1n) is 4.67. The van der Waals surface area contributed by atoms with Crippen LogP contribution < -0.4 is 0 Å².